The van der Waals surface area contributed by atoms with E-state index in [0.717, 1.165) is 15.7 Å². The number of carbonyl (C=O) groups excluding carboxylic acids is 2. The summed E-state index contributed by atoms with van der Waals surface area (Å²) in [6.45, 7) is 1.32. The number of imide groups is 1. The number of rotatable bonds is 2. The van der Waals surface area contributed by atoms with E-state index in [2.05, 4.69) is 0 Å². The van der Waals surface area contributed by atoms with Gasteiger partial charge in [0.2, 0.25) is 0 Å². The van der Waals surface area contributed by atoms with E-state index >= 15 is 0 Å². The molecule has 2 aromatic carbocycles. The van der Waals surface area contributed by atoms with Crippen molar-refractivity contribution in [2.75, 3.05) is 0 Å². The molecule has 1 atom stereocenters. The summed E-state index contributed by atoms with van der Waals surface area (Å²) in [6, 6.07) is 9.47. The number of carboxylic acids is 1. The molecule has 20 heavy (non-hydrogen) atoms. The summed E-state index contributed by atoms with van der Waals surface area (Å²) in [5.41, 5.74) is 0.531. The minimum absolute atomic E-state index is 0.266. The van der Waals surface area contributed by atoms with Gasteiger partial charge in [-0.3, -0.25) is 14.5 Å². The number of nitrogens with zero attached hydrogens (tertiary/aromatic N) is 1. The molecule has 0 fully saturated rings. The van der Waals surface area contributed by atoms with Crippen molar-refractivity contribution in [3.8, 4) is 0 Å². The number of hydrogen-bond donors (Lipinski definition) is 1. The number of carboxylic acid groups (broad SMARTS) is 1. The fourth-order valence-electron chi connectivity index (χ4n) is 2.41. The van der Waals surface area contributed by atoms with Crippen molar-refractivity contribution in [2.24, 2.45) is 0 Å². The predicted molar refractivity (Wildman–Crippen MR) is 71.5 cm³/mol. The van der Waals surface area contributed by atoms with Gasteiger partial charge in [-0.2, -0.15) is 0 Å². The summed E-state index contributed by atoms with van der Waals surface area (Å²) in [5.74, 6) is -2.31. The molecule has 1 aliphatic heterocycles. The lowest BCUT2D eigenvalue weighted by atomic mass is 10.0. The number of amides is 2. The summed E-state index contributed by atoms with van der Waals surface area (Å²) in [7, 11) is 0. The third-order valence-corrected chi connectivity index (χ3v) is 3.53. The number of fused-ring (bicyclic) bond motifs is 2. The van der Waals surface area contributed by atoms with Crippen molar-refractivity contribution in [3.05, 3.63) is 47.5 Å². The molecule has 0 saturated carbocycles. The molecular weight excluding hydrogens is 258 g/mol. The number of benzene rings is 2. The molecule has 5 nitrogen and oxygen atoms in total. The number of hydrogen-bond acceptors (Lipinski definition) is 3. The topological polar surface area (TPSA) is 74.7 Å². The van der Waals surface area contributed by atoms with Crippen LogP contribution < -0.4 is 0 Å². The Kier molecular flexibility index (Phi) is 2.57. The molecule has 0 saturated heterocycles. The van der Waals surface area contributed by atoms with Crippen LogP contribution in [0.3, 0.4) is 0 Å². The molecule has 2 amide bonds. The number of carbonyl (C=O) groups is 3. The highest BCUT2D eigenvalue weighted by molar-refractivity contribution is 6.24. The van der Waals surface area contributed by atoms with Crippen LogP contribution in [0.5, 0.6) is 0 Å². The fourth-order valence-corrected chi connectivity index (χ4v) is 2.41. The van der Waals surface area contributed by atoms with Gasteiger partial charge in [0.1, 0.15) is 6.04 Å². The third kappa shape index (κ3) is 1.60. The Morgan fingerprint density at radius 1 is 1.05 bits per heavy atom. The van der Waals surface area contributed by atoms with Crippen LogP contribution in [-0.4, -0.2) is 33.8 Å². The highest BCUT2D eigenvalue weighted by Crippen LogP contribution is 2.29. The molecule has 0 radical (unpaired) electrons. The minimum atomic E-state index is -1.20. The second kappa shape index (κ2) is 4.16. The van der Waals surface area contributed by atoms with Crippen molar-refractivity contribution in [2.45, 2.75) is 13.0 Å². The average molecular weight is 269 g/mol. The van der Waals surface area contributed by atoms with E-state index in [4.69, 9.17) is 5.11 Å². The minimum Gasteiger partial charge on any atom is -0.480 e. The van der Waals surface area contributed by atoms with Crippen molar-refractivity contribution in [1.29, 1.82) is 0 Å². The van der Waals surface area contributed by atoms with E-state index in [0.29, 0.717) is 0 Å². The highest BCUT2D eigenvalue weighted by atomic mass is 16.4. The maximum Gasteiger partial charge on any atom is 0.326 e. The van der Waals surface area contributed by atoms with E-state index in [1.165, 1.54) is 6.92 Å². The van der Waals surface area contributed by atoms with Gasteiger partial charge in [0.15, 0.2) is 0 Å². The molecule has 0 bridgehead atoms. The zero-order chi connectivity index (χ0) is 14.4. The molecule has 1 aliphatic rings. The summed E-state index contributed by atoms with van der Waals surface area (Å²) in [5, 5.41) is 10.7. The largest absolute Gasteiger partial charge is 0.480 e. The lowest BCUT2D eigenvalue weighted by Crippen LogP contribution is -2.42. The fraction of sp³-hybridized carbons (Fsp3) is 0.133. The van der Waals surface area contributed by atoms with Gasteiger partial charge in [0.25, 0.3) is 11.8 Å². The standard InChI is InChI=1S/C15H11NO4/c1-8(15(19)20)16-13(17)11-6-9-4-2-3-5-10(9)7-12(11)14(16)18/h2-8H,1H3,(H,19,20)/t8-/m0/s1. The molecule has 3 rings (SSSR count). The molecule has 100 valence electrons. The van der Waals surface area contributed by atoms with Gasteiger partial charge in [0.05, 0.1) is 11.1 Å². The third-order valence-electron chi connectivity index (χ3n) is 3.53. The maximum absolute atomic E-state index is 12.2. The summed E-state index contributed by atoms with van der Waals surface area (Å²) in [4.78, 5) is 36.3. The Morgan fingerprint density at radius 2 is 1.50 bits per heavy atom. The molecule has 2 aromatic rings. The monoisotopic (exact) mass is 269 g/mol. The van der Waals surface area contributed by atoms with Crippen molar-refractivity contribution in [1.82, 2.24) is 4.90 Å². The first-order chi connectivity index (χ1) is 9.50. The van der Waals surface area contributed by atoms with Crippen molar-refractivity contribution < 1.29 is 19.5 Å². The molecule has 0 spiro atoms. The van der Waals surface area contributed by atoms with Crippen LogP contribution >= 0.6 is 0 Å². The van der Waals surface area contributed by atoms with Crippen LogP contribution in [0.4, 0.5) is 0 Å². The first kappa shape index (κ1) is 12.3. The molecule has 0 unspecified atom stereocenters. The van der Waals surface area contributed by atoms with Crippen LogP contribution in [0.1, 0.15) is 27.6 Å². The van der Waals surface area contributed by atoms with Crippen LogP contribution in [-0.2, 0) is 4.79 Å². The second-order valence-corrected chi connectivity index (χ2v) is 4.74. The SMILES string of the molecule is C[C@@H](C(=O)O)N1C(=O)c2cc3ccccc3cc2C1=O. The van der Waals surface area contributed by atoms with E-state index in [1.807, 2.05) is 24.3 Å². The van der Waals surface area contributed by atoms with E-state index in [9.17, 15) is 14.4 Å². The van der Waals surface area contributed by atoms with Gasteiger partial charge in [0, 0.05) is 0 Å². The van der Waals surface area contributed by atoms with E-state index in [1.54, 1.807) is 12.1 Å². The Labute approximate surface area is 114 Å². The first-order valence-corrected chi connectivity index (χ1v) is 6.14. The van der Waals surface area contributed by atoms with Gasteiger partial charge in [-0.05, 0) is 29.8 Å². The van der Waals surface area contributed by atoms with E-state index < -0.39 is 23.8 Å². The second-order valence-electron chi connectivity index (χ2n) is 4.74. The molecule has 1 N–H and O–H groups in total. The van der Waals surface area contributed by atoms with E-state index in [-0.39, 0.29) is 11.1 Å². The highest BCUT2D eigenvalue weighted by Gasteiger charge is 2.41. The lowest BCUT2D eigenvalue weighted by Gasteiger charge is -2.17. The molecule has 0 aromatic heterocycles. The Bertz CT molecular complexity index is 711. The molecule has 5 heteroatoms. The number of aliphatic carboxylic acids is 1. The van der Waals surface area contributed by atoms with Gasteiger partial charge in [-0.25, -0.2) is 4.79 Å². The Hall–Kier alpha value is -2.69. The smallest absolute Gasteiger partial charge is 0.326 e. The molecule has 0 aliphatic carbocycles. The zero-order valence-electron chi connectivity index (χ0n) is 10.7. The maximum atomic E-state index is 12.2. The summed E-state index contributed by atoms with van der Waals surface area (Å²) >= 11 is 0. The zero-order valence-corrected chi connectivity index (χ0v) is 10.7. The van der Waals surface area contributed by atoms with Gasteiger partial charge < -0.3 is 5.11 Å². The first-order valence-electron chi connectivity index (χ1n) is 6.14. The van der Waals surface area contributed by atoms with Gasteiger partial charge >= 0.3 is 5.97 Å². The lowest BCUT2D eigenvalue weighted by molar-refractivity contribution is -0.140. The average Bonchev–Trinajstić information content (AvgIpc) is 2.67. The molecule has 1 heterocycles. The van der Waals surface area contributed by atoms with Gasteiger partial charge in [-0.15, -0.1) is 0 Å². The van der Waals surface area contributed by atoms with Crippen LogP contribution in [0.2, 0.25) is 0 Å². The summed E-state index contributed by atoms with van der Waals surface area (Å²) in [6.07, 6.45) is 0. The van der Waals surface area contributed by atoms with Crippen LogP contribution in [0, 0.1) is 0 Å². The van der Waals surface area contributed by atoms with Crippen LogP contribution in [0.25, 0.3) is 10.8 Å². The van der Waals surface area contributed by atoms with Gasteiger partial charge in [-0.1, -0.05) is 24.3 Å². The molecular formula is C15H11NO4. The Balaban J connectivity index is 2.18. The van der Waals surface area contributed by atoms with Crippen molar-refractivity contribution in [3.63, 3.8) is 0 Å². The predicted octanol–water partition coefficient (Wildman–Crippen LogP) is 1.91. The normalized spacial score (nSPS) is 15.6. The van der Waals surface area contributed by atoms with Crippen LogP contribution in [0.15, 0.2) is 36.4 Å². The summed E-state index contributed by atoms with van der Waals surface area (Å²) < 4.78 is 0. The Morgan fingerprint density at radius 3 is 1.90 bits per heavy atom. The van der Waals surface area contributed by atoms with Crippen molar-refractivity contribution >= 4 is 28.6 Å². The quantitative estimate of drug-likeness (QED) is 0.845.